The number of methoxy groups -OCH3 is 1. The second-order valence-corrected chi connectivity index (χ2v) is 9.46. The zero-order valence-corrected chi connectivity index (χ0v) is 21.3. The minimum absolute atomic E-state index is 0.0832. The monoisotopic (exact) mass is 537 g/mol. The summed E-state index contributed by atoms with van der Waals surface area (Å²) < 4.78 is 50.0. The largest absolute Gasteiger partial charge is 0.468 e. The molecule has 1 aromatic heterocycles. The van der Waals surface area contributed by atoms with Gasteiger partial charge in [0.15, 0.2) is 5.58 Å². The molecule has 1 fully saturated rings. The minimum Gasteiger partial charge on any atom is -0.468 e. The number of rotatable bonds is 5. The molecular formula is C29H26F3N3O4. The van der Waals surface area contributed by atoms with Crippen molar-refractivity contribution < 1.29 is 31.9 Å². The van der Waals surface area contributed by atoms with Gasteiger partial charge in [0.1, 0.15) is 11.6 Å². The van der Waals surface area contributed by atoms with E-state index in [-0.39, 0.29) is 34.9 Å². The van der Waals surface area contributed by atoms with Crippen LogP contribution >= 0.6 is 0 Å². The van der Waals surface area contributed by atoms with E-state index < -0.39 is 17.8 Å². The van der Waals surface area contributed by atoms with Crippen molar-refractivity contribution in [1.29, 1.82) is 0 Å². The SMILES string of the molecule is COC(=O)[C@H](c1ccccc1)N1CCN(C(=O)c2cccc(-c3nc4cc(C(F)(F)F)ccc4o3)c2)[C@@H](C)C1. The fraction of sp³-hybridized carbons (Fsp3) is 0.276. The van der Waals surface area contributed by atoms with Crippen LogP contribution in [-0.2, 0) is 15.7 Å². The van der Waals surface area contributed by atoms with E-state index in [1.165, 1.54) is 13.2 Å². The molecule has 0 bridgehead atoms. The van der Waals surface area contributed by atoms with Gasteiger partial charge in [-0.2, -0.15) is 13.2 Å². The van der Waals surface area contributed by atoms with Crippen LogP contribution in [0.15, 0.2) is 77.2 Å². The molecule has 0 aliphatic carbocycles. The smallest absolute Gasteiger partial charge is 0.416 e. The Labute approximate surface area is 222 Å². The van der Waals surface area contributed by atoms with E-state index in [2.05, 4.69) is 4.98 Å². The van der Waals surface area contributed by atoms with Gasteiger partial charge >= 0.3 is 12.1 Å². The fourth-order valence-corrected chi connectivity index (χ4v) is 4.94. The van der Waals surface area contributed by atoms with Crippen LogP contribution in [0.2, 0.25) is 0 Å². The van der Waals surface area contributed by atoms with Gasteiger partial charge in [0, 0.05) is 36.8 Å². The maximum Gasteiger partial charge on any atom is 0.416 e. The van der Waals surface area contributed by atoms with E-state index in [1.54, 1.807) is 29.2 Å². The first-order valence-corrected chi connectivity index (χ1v) is 12.4. The zero-order chi connectivity index (χ0) is 27.7. The number of esters is 1. The first-order chi connectivity index (χ1) is 18.7. The fourth-order valence-electron chi connectivity index (χ4n) is 4.94. The van der Waals surface area contributed by atoms with Crippen molar-refractivity contribution in [3.05, 3.63) is 89.5 Å². The number of halogens is 3. The van der Waals surface area contributed by atoms with E-state index in [4.69, 9.17) is 9.15 Å². The molecule has 5 rings (SSSR count). The topological polar surface area (TPSA) is 75.9 Å². The Morgan fingerprint density at radius 1 is 1.03 bits per heavy atom. The predicted octanol–water partition coefficient (Wildman–Crippen LogP) is 5.57. The first kappa shape index (κ1) is 26.4. The number of hydrogen-bond donors (Lipinski definition) is 0. The van der Waals surface area contributed by atoms with E-state index in [1.807, 2.05) is 42.2 Å². The van der Waals surface area contributed by atoms with Gasteiger partial charge < -0.3 is 14.1 Å². The Morgan fingerprint density at radius 3 is 2.49 bits per heavy atom. The maximum atomic E-state index is 13.5. The molecule has 0 radical (unpaired) electrons. The molecule has 1 saturated heterocycles. The van der Waals surface area contributed by atoms with Gasteiger partial charge in [-0.1, -0.05) is 36.4 Å². The number of oxazole rings is 1. The lowest BCUT2D eigenvalue weighted by molar-refractivity contribution is -0.148. The predicted molar refractivity (Wildman–Crippen MR) is 138 cm³/mol. The van der Waals surface area contributed by atoms with Crippen LogP contribution in [0, 0.1) is 0 Å². The first-order valence-electron chi connectivity index (χ1n) is 12.4. The van der Waals surface area contributed by atoms with Crippen LogP contribution in [0.5, 0.6) is 0 Å². The van der Waals surface area contributed by atoms with Crippen molar-refractivity contribution in [1.82, 2.24) is 14.8 Å². The number of carbonyl (C=O) groups excluding carboxylic acids is 2. The Hall–Kier alpha value is -4.18. The third-order valence-corrected chi connectivity index (χ3v) is 6.90. The molecule has 2 atom stereocenters. The molecule has 4 aromatic rings. The average Bonchev–Trinajstić information content (AvgIpc) is 3.37. The highest BCUT2D eigenvalue weighted by Gasteiger charge is 2.36. The number of fused-ring (bicyclic) bond motifs is 1. The summed E-state index contributed by atoms with van der Waals surface area (Å²) in [5.74, 6) is -0.434. The highest BCUT2D eigenvalue weighted by molar-refractivity contribution is 5.95. The van der Waals surface area contributed by atoms with Gasteiger partial charge in [-0.15, -0.1) is 0 Å². The summed E-state index contributed by atoms with van der Waals surface area (Å²) in [6.07, 6.45) is -4.49. The lowest BCUT2D eigenvalue weighted by Crippen LogP contribution is -2.55. The van der Waals surface area contributed by atoms with Crippen molar-refractivity contribution in [2.45, 2.75) is 25.2 Å². The summed E-state index contributed by atoms with van der Waals surface area (Å²) in [5.41, 5.74) is 1.20. The number of piperazine rings is 1. The molecule has 1 aliphatic heterocycles. The van der Waals surface area contributed by atoms with Crippen LogP contribution < -0.4 is 0 Å². The molecule has 10 heteroatoms. The summed E-state index contributed by atoms with van der Waals surface area (Å²) in [6, 6.07) is 18.4. The molecule has 1 aliphatic rings. The van der Waals surface area contributed by atoms with E-state index in [0.717, 1.165) is 17.7 Å². The second kappa shape index (κ2) is 10.5. The Balaban J connectivity index is 1.34. The quantitative estimate of drug-likeness (QED) is 0.310. The summed E-state index contributed by atoms with van der Waals surface area (Å²) in [4.78, 5) is 34.1. The van der Waals surface area contributed by atoms with Crippen LogP contribution in [0.4, 0.5) is 13.2 Å². The van der Waals surface area contributed by atoms with Crippen LogP contribution in [-0.4, -0.2) is 59.4 Å². The third kappa shape index (κ3) is 5.37. The summed E-state index contributed by atoms with van der Waals surface area (Å²) in [6.45, 7) is 3.25. The molecule has 0 N–H and O–H groups in total. The third-order valence-electron chi connectivity index (χ3n) is 6.90. The number of carbonyl (C=O) groups is 2. The number of alkyl halides is 3. The highest BCUT2D eigenvalue weighted by Crippen LogP contribution is 2.33. The van der Waals surface area contributed by atoms with E-state index in [0.29, 0.717) is 30.8 Å². The standard InChI is InChI=1S/C29H26F3N3O4/c1-18-17-34(25(28(37)38-2)19-7-4-3-5-8-19)13-14-35(18)27(36)21-10-6-9-20(15-21)26-33-23-16-22(29(30,31)32)11-12-24(23)39-26/h3-12,15-16,18,25H,13-14,17H2,1-2H3/t18-,25-/m0/s1. The van der Waals surface area contributed by atoms with E-state index in [9.17, 15) is 22.8 Å². The molecule has 2 heterocycles. The Morgan fingerprint density at radius 2 is 1.79 bits per heavy atom. The van der Waals surface area contributed by atoms with Gasteiger partial charge in [0.2, 0.25) is 5.89 Å². The van der Waals surface area contributed by atoms with Gasteiger partial charge in [0.05, 0.1) is 12.7 Å². The lowest BCUT2D eigenvalue weighted by Gasteiger charge is -2.42. The molecule has 7 nitrogen and oxygen atoms in total. The molecule has 0 spiro atoms. The molecule has 202 valence electrons. The average molecular weight is 538 g/mol. The van der Waals surface area contributed by atoms with Crippen molar-refractivity contribution >= 4 is 23.0 Å². The number of aromatic nitrogens is 1. The van der Waals surface area contributed by atoms with Crippen molar-refractivity contribution in [2.75, 3.05) is 26.7 Å². The molecule has 0 saturated carbocycles. The molecule has 3 aromatic carbocycles. The van der Waals surface area contributed by atoms with E-state index >= 15 is 0 Å². The second-order valence-electron chi connectivity index (χ2n) is 9.46. The molecular weight excluding hydrogens is 511 g/mol. The van der Waals surface area contributed by atoms with Crippen molar-refractivity contribution in [3.63, 3.8) is 0 Å². The molecule has 0 unspecified atom stereocenters. The highest BCUT2D eigenvalue weighted by atomic mass is 19.4. The zero-order valence-electron chi connectivity index (χ0n) is 21.3. The van der Waals surface area contributed by atoms with Crippen molar-refractivity contribution in [3.8, 4) is 11.5 Å². The molecule has 1 amide bonds. The summed E-state index contributed by atoms with van der Waals surface area (Å²) in [5, 5.41) is 0. The van der Waals surface area contributed by atoms with Crippen LogP contribution in [0.1, 0.15) is 34.5 Å². The van der Waals surface area contributed by atoms with Crippen molar-refractivity contribution in [2.24, 2.45) is 0 Å². The lowest BCUT2D eigenvalue weighted by atomic mass is 10.0. The Kier molecular flexibility index (Phi) is 7.14. The normalized spacial score (nSPS) is 17.3. The number of nitrogens with zero attached hydrogens (tertiary/aromatic N) is 3. The summed E-state index contributed by atoms with van der Waals surface area (Å²) >= 11 is 0. The Bertz CT molecular complexity index is 1500. The number of ether oxygens (including phenoxy) is 1. The van der Waals surface area contributed by atoms with Crippen LogP contribution in [0.25, 0.3) is 22.6 Å². The van der Waals surface area contributed by atoms with Gasteiger partial charge in [-0.05, 0) is 48.9 Å². The minimum atomic E-state index is -4.49. The summed E-state index contributed by atoms with van der Waals surface area (Å²) in [7, 11) is 1.36. The maximum absolute atomic E-state index is 13.5. The van der Waals surface area contributed by atoms with Gasteiger partial charge in [-0.3, -0.25) is 9.69 Å². The number of hydrogen-bond acceptors (Lipinski definition) is 6. The van der Waals surface area contributed by atoms with Crippen LogP contribution in [0.3, 0.4) is 0 Å². The van der Waals surface area contributed by atoms with Gasteiger partial charge in [0.25, 0.3) is 5.91 Å². The molecule has 39 heavy (non-hydrogen) atoms. The van der Waals surface area contributed by atoms with Gasteiger partial charge in [-0.25, -0.2) is 9.78 Å². The number of amides is 1. The number of benzene rings is 3.